The van der Waals surface area contributed by atoms with E-state index in [-0.39, 0.29) is 11.6 Å². The molecule has 0 saturated carbocycles. The average Bonchev–Trinajstić information content (AvgIpc) is 2.82. The van der Waals surface area contributed by atoms with E-state index in [2.05, 4.69) is 43.0 Å². The fourth-order valence-electron chi connectivity index (χ4n) is 3.82. The summed E-state index contributed by atoms with van der Waals surface area (Å²) >= 11 is 0. The molecule has 0 aliphatic heterocycles. The SMILES string of the molecule is CCCCc1ccc(C#Cc2ccc3c(F)c(CCc4ccc(F)cc4)ccc3c2)cc1. The van der Waals surface area contributed by atoms with Crippen molar-refractivity contribution in [2.75, 3.05) is 0 Å². The summed E-state index contributed by atoms with van der Waals surface area (Å²) in [5, 5.41) is 1.45. The van der Waals surface area contributed by atoms with Gasteiger partial charge in [0, 0.05) is 16.5 Å². The molecular formula is C30H26F2. The van der Waals surface area contributed by atoms with E-state index in [0.717, 1.165) is 28.5 Å². The highest BCUT2D eigenvalue weighted by Gasteiger charge is 2.08. The Hall–Kier alpha value is -3.44. The monoisotopic (exact) mass is 424 g/mol. The Bertz CT molecular complexity index is 1260. The minimum atomic E-state index is -0.256. The molecule has 0 radical (unpaired) electrons. The minimum absolute atomic E-state index is 0.188. The second-order valence-electron chi connectivity index (χ2n) is 8.15. The van der Waals surface area contributed by atoms with E-state index in [0.29, 0.717) is 23.8 Å². The molecule has 0 N–H and O–H groups in total. The van der Waals surface area contributed by atoms with Crippen molar-refractivity contribution in [2.45, 2.75) is 39.0 Å². The topological polar surface area (TPSA) is 0 Å². The van der Waals surface area contributed by atoms with Crippen LogP contribution in [-0.2, 0) is 19.3 Å². The van der Waals surface area contributed by atoms with Crippen LogP contribution >= 0.6 is 0 Å². The van der Waals surface area contributed by atoms with Gasteiger partial charge in [-0.1, -0.05) is 67.6 Å². The van der Waals surface area contributed by atoms with Gasteiger partial charge in [0.2, 0.25) is 0 Å². The van der Waals surface area contributed by atoms with E-state index in [1.807, 2.05) is 30.3 Å². The van der Waals surface area contributed by atoms with E-state index >= 15 is 4.39 Å². The van der Waals surface area contributed by atoms with Crippen LogP contribution in [0.1, 0.15) is 47.6 Å². The van der Waals surface area contributed by atoms with Gasteiger partial charge in [-0.15, -0.1) is 0 Å². The Morgan fingerprint density at radius 2 is 1.31 bits per heavy atom. The van der Waals surface area contributed by atoms with Crippen molar-refractivity contribution in [1.82, 2.24) is 0 Å². The molecule has 4 aromatic rings. The summed E-state index contributed by atoms with van der Waals surface area (Å²) in [6.45, 7) is 2.20. The quantitative estimate of drug-likeness (QED) is 0.279. The van der Waals surface area contributed by atoms with Gasteiger partial charge in [-0.05, 0) is 84.2 Å². The summed E-state index contributed by atoms with van der Waals surface area (Å²) in [6, 6.07) is 24.2. The van der Waals surface area contributed by atoms with Crippen LogP contribution in [0.5, 0.6) is 0 Å². The molecule has 2 heteroatoms. The fraction of sp³-hybridized carbons (Fsp3) is 0.200. The first-order valence-corrected chi connectivity index (χ1v) is 11.2. The lowest BCUT2D eigenvalue weighted by atomic mass is 9.99. The Morgan fingerprint density at radius 3 is 2.06 bits per heavy atom. The van der Waals surface area contributed by atoms with E-state index in [1.165, 1.54) is 30.5 Å². The van der Waals surface area contributed by atoms with Crippen molar-refractivity contribution in [3.8, 4) is 11.8 Å². The van der Waals surface area contributed by atoms with Gasteiger partial charge in [-0.25, -0.2) is 8.78 Å². The molecule has 0 unspecified atom stereocenters. The van der Waals surface area contributed by atoms with Gasteiger partial charge in [0.05, 0.1) is 0 Å². The first-order valence-electron chi connectivity index (χ1n) is 11.2. The number of hydrogen-bond acceptors (Lipinski definition) is 0. The Morgan fingerprint density at radius 1 is 0.656 bits per heavy atom. The van der Waals surface area contributed by atoms with E-state index in [4.69, 9.17) is 0 Å². The van der Waals surface area contributed by atoms with Gasteiger partial charge < -0.3 is 0 Å². The molecule has 4 rings (SSSR count). The second kappa shape index (κ2) is 10.2. The molecule has 0 aliphatic rings. The number of fused-ring (bicyclic) bond motifs is 1. The maximum absolute atomic E-state index is 15.0. The molecule has 32 heavy (non-hydrogen) atoms. The highest BCUT2D eigenvalue weighted by Crippen LogP contribution is 2.23. The van der Waals surface area contributed by atoms with Gasteiger partial charge in [0.1, 0.15) is 11.6 Å². The molecule has 0 aliphatic carbocycles. The summed E-state index contributed by atoms with van der Waals surface area (Å²) in [5.41, 5.74) is 4.85. The number of unbranched alkanes of at least 4 members (excludes halogenated alkanes) is 1. The minimum Gasteiger partial charge on any atom is -0.207 e. The maximum Gasteiger partial charge on any atom is 0.134 e. The lowest BCUT2D eigenvalue weighted by Gasteiger charge is -2.08. The number of aryl methyl sites for hydroxylation is 3. The van der Waals surface area contributed by atoms with Crippen molar-refractivity contribution < 1.29 is 8.78 Å². The second-order valence-corrected chi connectivity index (χ2v) is 8.15. The smallest absolute Gasteiger partial charge is 0.134 e. The summed E-state index contributed by atoms with van der Waals surface area (Å²) in [4.78, 5) is 0. The van der Waals surface area contributed by atoms with Crippen LogP contribution in [-0.4, -0.2) is 0 Å². The molecule has 0 heterocycles. The molecule has 0 fully saturated rings. The first kappa shape index (κ1) is 21.8. The number of halogens is 2. The molecular weight excluding hydrogens is 398 g/mol. The lowest BCUT2D eigenvalue weighted by Crippen LogP contribution is -1.96. The van der Waals surface area contributed by atoms with Gasteiger partial charge in [-0.2, -0.15) is 0 Å². The predicted octanol–water partition coefficient (Wildman–Crippen LogP) is 7.65. The maximum atomic E-state index is 15.0. The zero-order valence-corrected chi connectivity index (χ0v) is 18.3. The molecule has 0 nitrogen and oxygen atoms in total. The standard InChI is InChI=1S/C30H26F2/c1-2-3-4-22-5-7-23(8-6-22)9-10-25-14-20-29-27(21-25)17-16-26(30(29)32)15-11-24-12-18-28(31)19-13-24/h5-8,12-14,16-21H,2-4,11,15H2,1H3. The normalized spacial score (nSPS) is 10.7. The zero-order chi connectivity index (χ0) is 22.3. The van der Waals surface area contributed by atoms with Gasteiger partial charge >= 0.3 is 0 Å². The van der Waals surface area contributed by atoms with Crippen molar-refractivity contribution in [1.29, 1.82) is 0 Å². The highest BCUT2D eigenvalue weighted by molar-refractivity contribution is 5.85. The molecule has 0 amide bonds. The summed E-state index contributed by atoms with van der Waals surface area (Å²) in [5.74, 6) is 5.96. The van der Waals surface area contributed by atoms with Gasteiger partial charge in [-0.3, -0.25) is 0 Å². The summed E-state index contributed by atoms with van der Waals surface area (Å²) in [7, 11) is 0. The van der Waals surface area contributed by atoms with Crippen LogP contribution in [0.4, 0.5) is 8.78 Å². The first-order chi connectivity index (χ1) is 15.6. The van der Waals surface area contributed by atoms with Crippen molar-refractivity contribution in [3.05, 3.63) is 118 Å². The fourth-order valence-corrected chi connectivity index (χ4v) is 3.82. The molecule has 0 bridgehead atoms. The predicted molar refractivity (Wildman–Crippen MR) is 129 cm³/mol. The largest absolute Gasteiger partial charge is 0.207 e. The summed E-state index contributed by atoms with van der Waals surface area (Å²) < 4.78 is 28.1. The van der Waals surface area contributed by atoms with E-state index < -0.39 is 0 Å². The highest BCUT2D eigenvalue weighted by atomic mass is 19.1. The third-order valence-corrected chi connectivity index (χ3v) is 5.75. The van der Waals surface area contributed by atoms with Crippen molar-refractivity contribution in [3.63, 3.8) is 0 Å². The Balaban J connectivity index is 1.48. The Kier molecular flexibility index (Phi) is 6.97. The van der Waals surface area contributed by atoms with Crippen molar-refractivity contribution in [2.24, 2.45) is 0 Å². The molecule has 0 atom stereocenters. The lowest BCUT2D eigenvalue weighted by molar-refractivity contribution is 0.619. The van der Waals surface area contributed by atoms with Crippen LogP contribution < -0.4 is 0 Å². The van der Waals surface area contributed by atoms with E-state index in [9.17, 15) is 4.39 Å². The third kappa shape index (κ3) is 5.42. The number of hydrogen-bond donors (Lipinski definition) is 0. The van der Waals surface area contributed by atoms with Gasteiger partial charge in [0.15, 0.2) is 0 Å². The number of benzene rings is 4. The molecule has 160 valence electrons. The van der Waals surface area contributed by atoms with Crippen LogP contribution in [0.2, 0.25) is 0 Å². The molecule has 0 aromatic heterocycles. The Labute approximate surface area is 188 Å². The summed E-state index contributed by atoms with van der Waals surface area (Å²) in [6.07, 6.45) is 4.74. The van der Waals surface area contributed by atoms with E-state index in [1.54, 1.807) is 12.1 Å². The molecule has 4 aromatic carbocycles. The number of rotatable bonds is 6. The van der Waals surface area contributed by atoms with Crippen LogP contribution in [0.3, 0.4) is 0 Å². The van der Waals surface area contributed by atoms with Crippen molar-refractivity contribution >= 4 is 10.8 Å². The van der Waals surface area contributed by atoms with Gasteiger partial charge in [0.25, 0.3) is 0 Å². The average molecular weight is 425 g/mol. The van der Waals surface area contributed by atoms with Crippen LogP contribution in [0.25, 0.3) is 10.8 Å². The van der Waals surface area contributed by atoms with Crippen LogP contribution in [0.15, 0.2) is 78.9 Å². The zero-order valence-electron chi connectivity index (χ0n) is 18.3. The molecule has 0 spiro atoms. The van der Waals surface area contributed by atoms with Crippen LogP contribution in [0, 0.1) is 23.5 Å². The molecule has 0 saturated heterocycles. The third-order valence-electron chi connectivity index (χ3n) is 5.75.